The molecule has 0 aliphatic rings. The molecule has 80 valence electrons. The molecule has 0 saturated carbocycles. The molecular weight excluding hydrogens is 204 g/mol. The van der Waals surface area contributed by atoms with Crippen molar-refractivity contribution in [2.24, 2.45) is 5.84 Å². The van der Waals surface area contributed by atoms with E-state index in [4.69, 9.17) is 15.5 Å². The highest BCUT2D eigenvalue weighted by Crippen LogP contribution is 2.26. The molecule has 0 unspecified atom stereocenters. The van der Waals surface area contributed by atoms with Crippen molar-refractivity contribution < 1.29 is 4.42 Å². The highest BCUT2D eigenvalue weighted by atomic mass is 16.4. The lowest BCUT2D eigenvalue weighted by Gasteiger charge is -1.99. The Bertz CT molecular complexity index is 553. The smallest absolute Gasteiger partial charge is 0.246 e. The van der Waals surface area contributed by atoms with Crippen LogP contribution < -0.4 is 11.3 Å². The number of nitriles is 1. The van der Waals surface area contributed by atoms with Crippen LogP contribution in [0, 0.1) is 18.3 Å². The molecule has 5 heteroatoms. The Morgan fingerprint density at radius 3 is 2.75 bits per heavy atom. The third kappa shape index (κ3) is 1.62. The maximum atomic E-state index is 8.81. The predicted octanol–water partition coefficient (Wildman–Crippen LogP) is 1.81. The molecule has 2 rings (SSSR count). The molecular formula is C11H10N4O. The van der Waals surface area contributed by atoms with Crippen molar-refractivity contribution in [1.82, 2.24) is 4.98 Å². The predicted molar refractivity (Wildman–Crippen MR) is 59.2 cm³/mol. The first kappa shape index (κ1) is 10.2. The van der Waals surface area contributed by atoms with Crippen molar-refractivity contribution in [3.63, 3.8) is 0 Å². The molecule has 2 aromatic rings. The Morgan fingerprint density at radius 2 is 2.19 bits per heavy atom. The summed E-state index contributed by atoms with van der Waals surface area (Å²) in [6.07, 6.45) is 0. The van der Waals surface area contributed by atoms with Gasteiger partial charge in [0.05, 0.1) is 0 Å². The summed E-state index contributed by atoms with van der Waals surface area (Å²) in [6, 6.07) is 9.54. The van der Waals surface area contributed by atoms with E-state index in [1.807, 2.05) is 37.3 Å². The first-order valence-corrected chi connectivity index (χ1v) is 4.70. The summed E-state index contributed by atoms with van der Waals surface area (Å²) in [6.45, 7) is 1.95. The molecule has 0 aliphatic heterocycles. The minimum absolute atomic E-state index is 0.153. The van der Waals surface area contributed by atoms with Crippen molar-refractivity contribution >= 4 is 5.88 Å². The zero-order valence-corrected chi connectivity index (χ0v) is 8.69. The minimum Gasteiger partial charge on any atom is -0.418 e. The second-order valence-corrected chi connectivity index (χ2v) is 3.27. The second-order valence-electron chi connectivity index (χ2n) is 3.27. The number of hydrogen-bond acceptors (Lipinski definition) is 5. The van der Waals surface area contributed by atoms with Gasteiger partial charge in [-0.1, -0.05) is 18.2 Å². The fraction of sp³-hybridized carbons (Fsp3) is 0.0909. The molecule has 0 amide bonds. The van der Waals surface area contributed by atoms with Crippen LogP contribution in [-0.4, -0.2) is 4.98 Å². The van der Waals surface area contributed by atoms with Crippen molar-refractivity contribution in [3.05, 3.63) is 35.5 Å². The fourth-order valence-corrected chi connectivity index (χ4v) is 1.42. The largest absolute Gasteiger partial charge is 0.418 e. The summed E-state index contributed by atoms with van der Waals surface area (Å²) in [5.74, 6) is 5.79. The lowest BCUT2D eigenvalue weighted by Crippen LogP contribution is -2.06. The first-order valence-electron chi connectivity index (χ1n) is 4.70. The van der Waals surface area contributed by atoms with Gasteiger partial charge >= 0.3 is 0 Å². The molecule has 0 saturated heterocycles. The summed E-state index contributed by atoms with van der Waals surface area (Å²) >= 11 is 0. The molecule has 5 nitrogen and oxygen atoms in total. The third-order valence-electron chi connectivity index (χ3n) is 2.24. The van der Waals surface area contributed by atoms with E-state index in [0.717, 1.165) is 11.1 Å². The topological polar surface area (TPSA) is 87.9 Å². The van der Waals surface area contributed by atoms with Crippen LogP contribution in [0.25, 0.3) is 11.5 Å². The highest BCUT2D eigenvalue weighted by molar-refractivity contribution is 5.61. The molecule has 0 radical (unpaired) electrons. The van der Waals surface area contributed by atoms with Crippen LogP contribution in [0.1, 0.15) is 11.3 Å². The number of anilines is 1. The zero-order chi connectivity index (χ0) is 11.5. The lowest BCUT2D eigenvalue weighted by atomic mass is 10.1. The maximum absolute atomic E-state index is 8.81. The van der Waals surface area contributed by atoms with Crippen LogP contribution >= 0.6 is 0 Å². The van der Waals surface area contributed by atoms with E-state index < -0.39 is 0 Å². The van der Waals surface area contributed by atoms with E-state index in [1.54, 1.807) is 0 Å². The Morgan fingerprint density at radius 1 is 1.44 bits per heavy atom. The molecule has 1 heterocycles. The number of aryl methyl sites for hydroxylation is 1. The van der Waals surface area contributed by atoms with Gasteiger partial charge in [-0.3, -0.25) is 5.43 Å². The van der Waals surface area contributed by atoms with Crippen molar-refractivity contribution in [1.29, 1.82) is 5.26 Å². The normalized spacial score (nSPS) is 9.81. The van der Waals surface area contributed by atoms with Gasteiger partial charge in [0, 0.05) is 5.56 Å². The number of oxazole rings is 1. The molecule has 1 aromatic carbocycles. The number of nitrogen functional groups attached to an aromatic ring is 1. The molecule has 0 atom stereocenters. The van der Waals surface area contributed by atoms with E-state index in [1.165, 1.54) is 0 Å². The van der Waals surface area contributed by atoms with Gasteiger partial charge in [0.1, 0.15) is 6.07 Å². The highest BCUT2D eigenvalue weighted by Gasteiger charge is 2.14. The van der Waals surface area contributed by atoms with Crippen molar-refractivity contribution in [3.8, 4) is 17.5 Å². The Balaban J connectivity index is 2.54. The van der Waals surface area contributed by atoms with Gasteiger partial charge in [-0.25, -0.2) is 5.84 Å². The summed E-state index contributed by atoms with van der Waals surface area (Å²) in [7, 11) is 0. The van der Waals surface area contributed by atoms with E-state index in [9.17, 15) is 0 Å². The van der Waals surface area contributed by atoms with Gasteiger partial charge in [-0.05, 0) is 18.6 Å². The van der Waals surface area contributed by atoms with Gasteiger partial charge in [0.2, 0.25) is 17.5 Å². The molecule has 3 N–H and O–H groups in total. The molecule has 0 aliphatic carbocycles. The molecule has 0 spiro atoms. The van der Waals surface area contributed by atoms with Crippen LogP contribution in [0.5, 0.6) is 0 Å². The fourth-order valence-electron chi connectivity index (χ4n) is 1.42. The Kier molecular flexibility index (Phi) is 2.58. The molecule has 0 bridgehead atoms. The van der Waals surface area contributed by atoms with Gasteiger partial charge in [0.15, 0.2) is 0 Å². The van der Waals surface area contributed by atoms with Gasteiger partial charge < -0.3 is 4.42 Å². The number of benzene rings is 1. The summed E-state index contributed by atoms with van der Waals surface area (Å²) in [5.41, 5.74) is 4.33. The molecule has 0 fully saturated rings. The summed E-state index contributed by atoms with van der Waals surface area (Å²) < 4.78 is 5.35. The number of rotatable bonds is 2. The number of hydrazine groups is 1. The first-order chi connectivity index (χ1) is 7.76. The van der Waals surface area contributed by atoms with Crippen LogP contribution in [0.2, 0.25) is 0 Å². The summed E-state index contributed by atoms with van der Waals surface area (Å²) in [4.78, 5) is 4.06. The third-order valence-corrected chi connectivity index (χ3v) is 2.24. The van der Waals surface area contributed by atoms with E-state index in [2.05, 4.69) is 10.4 Å². The van der Waals surface area contributed by atoms with Crippen LogP contribution in [0.4, 0.5) is 5.88 Å². The van der Waals surface area contributed by atoms with Crippen molar-refractivity contribution in [2.75, 3.05) is 5.43 Å². The van der Waals surface area contributed by atoms with Crippen molar-refractivity contribution in [2.45, 2.75) is 6.92 Å². The zero-order valence-electron chi connectivity index (χ0n) is 8.69. The molecule has 16 heavy (non-hydrogen) atoms. The average Bonchev–Trinajstić information content (AvgIpc) is 2.72. The average molecular weight is 214 g/mol. The second kappa shape index (κ2) is 4.04. The summed E-state index contributed by atoms with van der Waals surface area (Å²) in [5, 5.41) is 8.81. The van der Waals surface area contributed by atoms with Gasteiger partial charge in [-0.15, -0.1) is 0 Å². The van der Waals surface area contributed by atoms with Gasteiger partial charge in [0.25, 0.3) is 0 Å². The minimum atomic E-state index is 0.153. The number of nitrogens with zero attached hydrogens (tertiary/aromatic N) is 2. The lowest BCUT2D eigenvalue weighted by molar-refractivity contribution is 0.586. The van der Waals surface area contributed by atoms with E-state index in [-0.39, 0.29) is 11.6 Å². The standard InChI is InChI=1S/C11H10N4O/c1-7-4-2-3-5-8(7)10-14-9(6-12)11(15-13)16-10/h2-5,15H,13H2,1H3. The Hall–Kier alpha value is -2.32. The Labute approximate surface area is 92.5 Å². The maximum Gasteiger partial charge on any atom is 0.246 e. The number of nitrogens with one attached hydrogen (secondary N) is 1. The van der Waals surface area contributed by atoms with E-state index in [0.29, 0.717) is 5.89 Å². The molecule has 1 aromatic heterocycles. The monoisotopic (exact) mass is 214 g/mol. The van der Waals surface area contributed by atoms with Gasteiger partial charge in [-0.2, -0.15) is 10.2 Å². The number of nitrogens with two attached hydrogens (primary N) is 1. The van der Waals surface area contributed by atoms with E-state index >= 15 is 0 Å². The van der Waals surface area contributed by atoms with Crippen LogP contribution in [-0.2, 0) is 0 Å². The number of hydrogen-bond donors (Lipinski definition) is 2. The number of aromatic nitrogens is 1. The SMILES string of the molecule is Cc1ccccc1-c1nc(C#N)c(NN)o1. The van der Waals surface area contributed by atoms with Crippen LogP contribution in [0.3, 0.4) is 0 Å². The van der Waals surface area contributed by atoms with Crippen LogP contribution in [0.15, 0.2) is 28.7 Å². The quantitative estimate of drug-likeness (QED) is 0.588.